The molecule has 3 aliphatic heterocycles. The summed E-state index contributed by atoms with van der Waals surface area (Å²) in [5, 5.41) is 0. The van der Waals surface area contributed by atoms with Crippen LogP contribution < -0.4 is 0 Å². The molecule has 0 saturated carbocycles. The lowest BCUT2D eigenvalue weighted by Crippen LogP contribution is -2.50. The summed E-state index contributed by atoms with van der Waals surface area (Å²) in [7, 11) is 0. The first-order valence-corrected chi connectivity index (χ1v) is 7.94. The lowest BCUT2D eigenvalue weighted by Gasteiger charge is -2.42. The maximum Gasteiger partial charge on any atom is 0.334 e. The molecule has 0 aromatic heterocycles. The van der Waals surface area contributed by atoms with Crippen LogP contribution in [0.15, 0.2) is 23.8 Å². The van der Waals surface area contributed by atoms with Gasteiger partial charge in [-0.25, -0.2) is 4.79 Å². The molecular formula is C17H20O6. The number of ether oxygens (including phenoxy) is 4. The fraction of sp³-hybridized carbons (Fsp3) is 0.647. The molecule has 6 nitrogen and oxygen atoms in total. The van der Waals surface area contributed by atoms with E-state index in [1.807, 2.05) is 13.0 Å². The number of carbonyl (C=O) groups excluding carboxylic acids is 2. The average Bonchev–Trinajstić information content (AvgIpc) is 2.79. The number of hydrogen-bond acceptors (Lipinski definition) is 6. The summed E-state index contributed by atoms with van der Waals surface area (Å²) in [6, 6.07) is 0. The molecule has 3 fully saturated rings. The van der Waals surface area contributed by atoms with Crippen LogP contribution in [-0.4, -0.2) is 42.1 Å². The van der Waals surface area contributed by atoms with Crippen LogP contribution in [0.4, 0.5) is 0 Å². The molecule has 1 spiro atoms. The van der Waals surface area contributed by atoms with Gasteiger partial charge in [0.15, 0.2) is 5.79 Å². The Morgan fingerprint density at radius 2 is 2.22 bits per heavy atom. The molecule has 6 heteroatoms. The second-order valence-electron chi connectivity index (χ2n) is 7.00. The van der Waals surface area contributed by atoms with Crippen molar-refractivity contribution in [2.24, 2.45) is 5.92 Å². The Morgan fingerprint density at radius 3 is 2.96 bits per heavy atom. The second kappa shape index (κ2) is 4.68. The highest BCUT2D eigenvalue weighted by Gasteiger charge is 2.61. The van der Waals surface area contributed by atoms with Gasteiger partial charge in [0.1, 0.15) is 17.8 Å². The molecule has 1 aliphatic carbocycles. The van der Waals surface area contributed by atoms with E-state index < -0.39 is 11.4 Å². The quantitative estimate of drug-likeness (QED) is 0.415. The molecule has 0 amide bonds. The molecule has 23 heavy (non-hydrogen) atoms. The lowest BCUT2D eigenvalue weighted by atomic mass is 9.82. The molecule has 4 rings (SSSR count). The van der Waals surface area contributed by atoms with Crippen molar-refractivity contribution >= 4 is 11.9 Å². The minimum atomic E-state index is -0.781. The monoisotopic (exact) mass is 320 g/mol. The van der Waals surface area contributed by atoms with Crippen LogP contribution >= 0.6 is 0 Å². The van der Waals surface area contributed by atoms with Crippen LogP contribution in [0.5, 0.6) is 0 Å². The Labute approximate surface area is 134 Å². The van der Waals surface area contributed by atoms with Crippen molar-refractivity contribution in [3.8, 4) is 0 Å². The topological polar surface area (TPSA) is 71.1 Å². The third kappa shape index (κ3) is 2.16. The molecule has 2 bridgehead atoms. The van der Waals surface area contributed by atoms with Gasteiger partial charge in [-0.2, -0.15) is 0 Å². The summed E-state index contributed by atoms with van der Waals surface area (Å²) < 4.78 is 23.1. The Morgan fingerprint density at radius 1 is 1.43 bits per heavy atom. The Kier molecular flexibility index (Phi) is 3.03. The first-order valence-electron chi connectivity index (χ1n) is 7.94. The fourth-order valence-electron chi connectivity index (χ4n) is 4.29. The van der Waals surface area contributed by atoms with Crippen LogP contribution in [-0.2, 0) is 28.5 Å². The minimum absolute atomic E-state index is 0.0524. The predicted molar refractivity (Wildman–Crippen MR) is 78.2 cm³/mol. The molecule has 0 aromatic carbocycles. The van der Waals surface area contributed by atoms with Crippen LogP contribution in [0.25, 0.3) is 0 Å². The van der Waals surface area contributed by atoms with Crippen LogP contribution in [0.1, 0.15) is 33.1 Å². The minimum Gasteiger partial charge on any atom is -0.458 e. The number of fused-ring (bicyclic) bond motifs is 2. The highest BCUT2D eigenvalue weighted by molar-refractivity contribution is 5.90. The van der Waals surface area contributed by atoms with E-state index in [2.05, 4.69) is 6.58 Å². The number of carbonyl (C=O) groups is 2. The van der Waals surface area contributed by atoms with E-state index in [0.29, 0.717) is 31.4 Å². The molecule has 5 unspecified atom stereocenters. The lowest BCUT2D eigenvalue weighted by molar-refractivity contribution is -0.212. The zero-order valence-corrected chi connectivity index (χ0v) is 13.3. The summed E-state index contributed by atoms with van der Waals surface area (Å²) in [6.45, 7) is 7.50. The van der Waals surface area contributed by atoms with Gasteiger partial charge in [-0.3, -0.25) is 4.79 Å². The smallest absolute Gasteiger partial charge is 0.334 e. The number of esters is 2. The van der Waals surface area contributed by atoms with Crippen molar-refractivity contribution in [3.63, 3.8) is 0 Å². The van der Waals surface area contributed by atoms with Crippen molar-refractivity contribution in [2.45, 2.75) is 56.7 Å². The van der Waals surface area contributed by atoms with Crippen LogP contribution in [0, 0.1) is 5.92 Å². The van der Waals surface area contributed by atoms with E-state index in [9.17, 15) is 9.59 Å². The van der Waals surface area contributed by atoms with Gasteiger partial charge < -0.3 is 18.9 Å². The number of allylic oxidation sites excluding steroid dienone is 1. The molecule has 3 saturated heterocycles. The third-order valence-corrected chi connectivity index (χ3v) is 5.30. The number of rotatable bonds is 1. The van der Waals surface area contributed by atoms with Crippen molar-refractivity contribution in [1.29, 1.82) is 0 Å². The van der Waals surface area contributed by atoms with E-state index in [-0.39, 0.29) is 30.1 Å². The molecular weight excluding hydrogens is 300 g/mol. The summed E-state index contributed by atoms with van der Waals surface area (Å²) in [6.07, 6.45) is 2.99. The largest absolute Gasteiger partial charge is 0.458 e. The highest BCUT2D eigenvalue weighted by atomic mass is 16.8. The maximum atomic E-state index is 11.8. The molecule has 0 radical (unpaired) electrons. The Hall–Kier alpha value is -1.66. The molecule has 124 valence electrons. The van der Waals surface area contributed by atoms with Crippen LogP contribution in [0.2, 0.25) is 0 Å². The van der Waals surface area contributed by atoms with Crippen LogP contribution in [0.3, 0.4) is 0 Å². The van der Waals surface area contributed by atoms with E-state index in [0.717, 1.165) is 5.57 Å². The summed E-state index contributed by atoms with van der Waals surface area (Å²) in [5.41, 5.74) is 0.741. The van der Waals surface area contributed by atoms with E-state index in [1.54, 1.807) is 0 Å². The number of hydrogen-bond donors (Lipinski definition) is 0. The molecule has 0 N–H and O–H groups in total. The SMILES string of the molecule is C=C1C(=O)OC2CC34COC(C)(CC(OC(C)=O)C3=CCC12)O4. The van der Waals surface area contributed by atoms with Crippen molar-refractivity contribution in [2.75, 3.05) is 6.61 Å². The van der Waals surface area contributed by atoms with E-state index in [1.165, 1.54) is 6.92 Å². The third-order valence-electron chi connectivity index (χ3n) is 5.30. The predicted octanol–water partition coefficient (Wildman–Crippen LogP) is 1.64. The first kappa shape index (κ1) is 14.9. The van der Waals surface area contributed by atoms with Gasteiger partial charge in [-0.15, -0.1) is 0 Å². The van der Waals surface area contributed by atoms with Crippen molar-refractivity contribution in [1.82, 2.24) is 0 Å². The summed E-state index contributed by atoms with van der Waals surface area (Å²) in [5.74, 6) is -1.49. The van der Waals surface area contributed by atoms with E-state index >= 15 is 0 Å². The van der Waals surface area contributed by atoms with Gasteiger partial charge in [0, 0.05) is 36.8 Å². The van der Waals surface area contributed by atoms with Gasteiger partial charge in [0.05, 0.1) is 6.61 Å². The zero-order chi connectivity index (χ0) is 16.4. The van der Waals surface area contributed by atoms with Crippen molar-refractivity contribution < 1.29 is 28.5 Å². The summed E-state index contributed by atoms with van der Waals surface area (Å²) >= 11 is 0. The molecule has 4 aliphatic rings. The van der Waals surface area contributed by atoms with Gasteiger partial charge in [0.2, 0.25) is 0 Å². The average molecular weight is 320 g/mol. The fourth-order valence-corrected chi connectivity index (χ4v) is 4.29. The molecule has 0 aromatic rings. The standard InChI is InChI=1S/C17H20O6/c1-9-11-4-5-12-14(21-10(2)18)6-16(3)20-8-17(12,23-16)7-13(11)22-15(9)19/h5,11,13-14H,1,4,6-8H2,2-3H3. The zero-order valence-electron chi connectivity index (χ0n) is 13.3. The molecule has 5 atom stereocenters. The van der Waals surface area contributed by atoms with Crippen molar-refractivity contribution in [3.05, 3.63) is 23.8 Å². The highest BCUT2D eigenvalue weighted by Crippen LogP contribution is 2.53. The van der Waals surface area contributed by atoms with Gasteiger partial charge in [-0.1, -0.05) is 12.7 Å². The first-order chi connectivity index (χ1) is 10.8. The van der Waals surface area contributed by atoms with Gasteiger partial charge >= 0.3 is 11.9 Å². The normalized spacial score (nSPS) is 44.8. The Balaban J connectivity index is 1.73. The summed E-state index contributed by atoms with van der Waals surface area (Å²) in [4.78, 5) is 23.3. The van der Waals surface area contributed by atoms with E-state index in [4.69, 9.17) is 18.9 Å². The molecule has 3 heterocycles. The van der Waals surface area contributed by atoms with Gasteiger partial charge in [-0.05, 0) is 13.3 Å². The second-order valence-corrected chi connectivity index (χ2v) is 7.00. The Bertz CT molecular complexity index is 637. The van der Waals surface area contributed by atoms with Gasteiger partial charge in [0.25, 0.3) is 0 Å². The maximum absolute atomic E-state index is 11.8.